The number of hydrogen-bond donors (Lipinski definition) is 1. The Morgan fingerprint density at radius 1 is 1.25 bits per heavy atom. The van der Waals surface area contributed by atoms with Crippen molar-refractivity contribution in [2.75, 3.05) is 6.54 Å². The molecule has 0 aliphatic carbocycles. The first kappa shape index (κ1) is 13.0. The summed E-state index contributed by atoms with van der Waals surface area (Å²) in [7, 11) is 0. The number of hydrogen-bond acceptors (Lipinski definition) is 2. The van der Waals surface area contributed by atoms with E-state index in [-0.39, 0.29) is 6.10 Å². The fourth-order valence-corrected chi connectivity index (χ4v) is 1.78. The van der Waals surface area contributed by atoms with Crippen molar-refractivity contribution in [1.29, 1.82) is 0 Å². The fraction of sp³-hybridized carbons (Fsp3) is 0.571. The van der Waals surface area contributed by atoms with E-state index in [1.165, 1.54) is 5.56 Å². The molecule has 1 rings (SSSR count). The topological polar surface area (TPSA) is 35.2 Å². The molecule has 0 fully saturated rings. The van der Waals surface area contributed by atoms with Gasteiger partial charge in [0.25, 0.3) is 0 Å². The second kappa shape index (κ2) is 6.54. The largest absolute Gasteiger partial charge is 0.490 e. The van der Waals surface area contributed by atoms with Crippen molar-refractivity contribution < 1.29 is 4.74 Å². The normalized spacial score (nSPS) is 12.8. The molecule has 0 heterocycles. The zero-order valence-corrected chi connectivity index (χ0v) is 10.6. The van der Waals surface area contributed by atoms with Crippen LogP contribution in [0.5, 0.6) is 5.75 Å². The summed E-state index contributed by atoms with van der Waals surface area (Å²) in [6.45, 7) is 7.19. The lowest BCUT2D eigenvalue weighted by Crippen LogP contribution is -2.20. The van der Waals surface area contributed by atoms with Crippen LogP contribution >= 0.6 is 0 Å². The Hall–Kier alpha value is -1.02. The minimum Gasteiger partial charge on any atom is -0.490 e. The molecular weight excluding hydrogens is 198 g/mol. The number of benzene rings is 1. The van der Waals surface area contributed by atoms with E-state index in [4.69, 9.17) is 10.5 Å². The molecule has 0 bridgehead atoms. The van der Waals surface area contributed by atoms with Crippen molar-refractivity contribution >= 4 is 0 Å². The summed E-state index contributed by atoms with van der Waals surface area (Å²) in [5.74, 6) is 1.50. The van der Waals surface area contributed by atoms with Crippen LogP contribution in [-0.2, 0) is 0 Å². The van der Waals surface area contributed by atoms with Crippen LogP contribution in [0, 0.1) is 0 Å². The van der Waals surface area contributed by atoms with E-state index in [0.29, 0.717) is 12.5 Å². The van der Waals surface area contributed by atoms with Gasteiger partial charge in [0.15, 0.2) is 0 Å². The monoisotopic (exact) mass is 221 g/mol. The summed E-state index contributed by atoms with van der Waals surface area (Å²) in [6, 6.07) is 8.27. The van der Waals surface area contributed by atoms with E-state index in [0.717, 1.165) is 18.6 Å². The third-order valence-corrected chi connectivity index (χ3v) is 2.78. The fourth-order valence-electron chi connectivity index (χ4n) is 1.78. The molecule has 0 aromatic heterocycles. The van der Waals surface area contributed by atoms with E-state index in [9.17, 15) is 0 Å². The van der Waals surface area contributed by atoms with Gasteiger partial charge < -0.3 is 10.5 Å². The summed E-state index contributed by atoms with van der Waals surface area (Å²) in [4.78, 5) is 0. The van der Waals surface area contributed by atoms with Gasteiger partial charge in [0, 0.05) is 0 Å². The van der Waals surface area contributed by atoms with Gasteiger partial charge in [-0.15, -0.1) is 0 Å². The quantitative estimate of drug-likeness (QED) is 0.799. The van der Waals surface area contributed by atoms with Gasteiger partial charge in [-0.05, 0) is 36.9 Å². The SMILES string of the molecule is CCC(CCN)Oc1ccccc1C(C)C. The van der Waals surface area contributed by atoms with Gasteiger partial charge in [-0.3, -0.25) is 0 Å². The van der Waals surface area contributed by atoms with Crippen LogP contribution in [0.3, 0.4) is 0 Å². The predicted molar refractivity (Wildman–Crippen MR) is 68.9 cm³/mol. The van der Waals surface area contributed by atoms with Gasteiger partial charge in [-0.1, -0.05) is 39.0 Å². The van der Waals surface area contributed by atoms with Crippen LogP contribution in [0.2, 0.25) is 0 Å². The molecule has 2 nitrogen and oxygen atoms in total. The molecule has 0 aliphatic rings. The van der Waals surface area contributed by atoms with E-state index >= 15 is 0 Å². The van der Waals surface area contributed by atoms with Crippen molar-refractivity contribution in [1.82, 2.24) is 0 Å². The molecule has 16 heavy (non-hydrogen) atoms. The maximum atomic E-state index is 6.02. The van der Waals surface area contributed by atoms with E-state index in [2.05, 4.69) is 39.0 Å². The van der Waals surface area contributed by atoms with Crippen molar-refractivity contribution in [2.45, 2.75) is 45.6 Å². The number of para-hydroxylation sites is 1. The summed E-state index contributed by atoms with van der Waals surface area (Å²) in [6.07, 6.45) is 2.16. The van der Waals surface area contributed by atoms with Gasteiger partial charge >= 0.3 is 0 Å². The van der Waals surface area contributed by atoms with Crippen LogP contribution in [0.4, 0.5) is 0 Å². The van der Waals surface area contributed by atoms with Gasteiger partial charge in [-0.2, -0.15) is 0 Å². The van der Waals surface area contributed by atoms with Crippen LogP contribution in [-0.4, -0.2) is 12.6 Å². The Kier molecular flexibility index (Phi) is 5.33. The average molecular weight is 221 g/mol. The zero-order chi connectivity index (χ0) is 12.0. The first-order valence-electron chi connectivity index (χ1n) is 6.14. The molecule has 2 N–H and O–H groups in total. The van der Waals surface area contributed by atoms with Crippen molar-refractivity contribution in [3.8, 4) is 5.75 Å². The van der Waals surface area contributed by atoms with Crippen molar-refractivity contribution in [3.05, 3.63) is 29.8 Å². The van der Waals surface area contributed by atoms with Crippen molar-refractivity contribution in [2.24, 2.45) is 5.73 Å². The molecule has 1 aromatic carbocycles. The number of nitrogens with two attached hydrogens (primary N) is 1. The Balaban J connectivity index is 2.78. The standard InChI is InChI=1S/C14H23NO/c1-4-12(9-10-15)16-14-8-6-5-7-13(14)11(2)3/h5-8,11-12H,4,9-10,15H2,1-3H3. The molecular formula is C14H23NO. The summed E-state index contributed by atoms with van der Waals surface area (Å²) >= 11 is 0. The maximum absolute atomic E-state index is 6.02. The lowest BCUT2D eigenvalue weighted by molar-refractivity contribution is 0.187. The summed E-state index contributed by atoms with van der Waals surface area (Å²) in [5, 5.41) is 0. The van der Waals surface area contributed by atoms with E-state index in [1.54, 1.807) is 0 Å². The molecule has 90 valence electrons. The van der Waals surface area contributed by atoms with Crippen LogP contribution in [0.15, 0.2) is 24.3 Å². The number of rotatable bonds is 6. The Labute approximate surface area is 98.8 Å². The third kappa shape index (κ3) is 3.53. The average Bonchev–Trinajstić information content (AvgIpc) is 2.29. The van der Waals surface area contributed by atoms with Crippen molar-refractivity contribution in [3.63, 3.8) is 0 Å². The second-order valence-corrected chi connectivity index (χ2v) is 4.42. The smallest absolute Gasteiger partial charge is 0.123 e. The molecule has 0 amide bonds. The van der Waals surface area contributed by atoms with E-state index in [1.807, 2.05) is 6.07 Å². The highest BCUT2D eigenvalue weighted by molar-refractivity contribution is 5.35. The molecule has 0 aliphatic heterocycles. The van der Waals surface area contributed by atoms with Gasteiger partial charge in [0.1, 0.15) is 5.75 Å². The lowest BCUT2D eigenvalue weighted by atomic mass is 10.0. The highest BCUT2D eigenvalue weighted by Crippen LogP contribution is 2.27. The highest BCUT2D eigenvalue weighted by Gasteiger charge is 2.11. The molecule has 0 radical (unpaired) electrons. The van der Waals surface area contributed by atoms with Gasteiger partial charge in [0.05, 0.1) is 6.10 Å². The first-order chi connectivity index (χ1) is 7.69. The molecule has 1 aromatic rings. The number of ether oxygens (including phenoxy) is 1. The van der Waals surface area contributed by atoms with Crippen LogP contribution < -0.4 is 10.5 Å². The molecule has 2 heteroatoms. The van der Waals surface area contributed by atoms with Crippen LogP contribution in [0.1, 0.15) is 45.1 Å². The summed E-state index contributed by atoms with van der Waals surface area (Å²) in [5.41, 5.74) is 6.85. The third-order valence-electron chi connectivity index (χ3n) is 2.78. The molecule has 0 spiro atoms. The molecule has 0 saturated carbocycles. The van der Waals surface area contributed by atoms with Gasteiger partial charge in [0.2, 0.25) is 0 Å². The lowest BCUT2D eigenvalue weighted by Gasteiger charge is -2.20. The first-order valence-corrected chi connectivity index (χ1v) is 6.14. The predicted octanol–water partition coefficient (Wildman–Crippen LogP) is 3.32. The zero-order valence-electron chi connectivity index (χ0n) is 10.6. The van der Waals surface area contributed by atoms with E-state index < -0.39 is 0 Å². The Morgan fingerprint density at radius 3 is 2.50 bits per heavy atom. The second-order valence-electron chi connectivity index (χ2n) is 4.42. The minimum absolute atomic E-state index is 0.241. The highest BCUT2D eigenvalue weighted by atomic mass is 16.5. The van der Waals surface area contributed by atoms with Crippen LogP contribution in [0.25, 0.3) is 0 Å². The molecule has 0 saturated heterocycles. The maximum Gasteiger partial charge on any atom is 0.123 e. The Bertz CT molecular complexity index is 309. The molecule has 1 unspecified atom stereocenters. The Morgan fingerprint density at radius 2 is 1.94 bits per heavy atom. The summed E-state index contributed by atoms with van der Waals surface area (Å²) < 4.78 is 6.02. The molecule has 1 atom stereocenters. The minimum atomic E-state index is 0.241. The van der Waals surface area contributed by atoms with Gasteiger partial charge in [-0.25, -0.2) is 0 Å².